The number of hydrogen-bond donors (Lipinski definition) is 2. The van der Waals surface area contributed by atoms with Gasteiger partial charge >= 0.3 is 0 Å². The van der Waals surface area contributed by atoms with E-state index in [1.807, 2.05) is 49.4 Å². The van der Waals surface area contributed by atoms with Crippen LogP contribution >= 0.6 is 0 Å². The zero-order valence-corrected chi connectivity index (χ0v) is 16.2. The maximum atomic E-state index is 12.6. The van der Waals surface area contributed by atoms with Crippen molar-refractivity contribution in [1.82, 2.24) is 9.55 Å². The summed E-state index contributed by atoms with van der Waals surface area (Å²) >= 11 is 0. The lowest BCUT2D eigenvalue weighted by Crippen LogP contribution is -2.37. The Morgan fingerprint density at radius 3 is 2.46 bits per heavy atom. The minimum atomic E-state index is -0.476. The van der Waals surface area contributed by atoms with Gasteiger partial charge in [0.05, 0.1) is 0 Å². The molecule has 4 rings (SSSR count). The molecule has 0 fully saturated rings. The molecule has 1 aliphatic rings. The average Bonchev–Trinajstić information content (AvgIpc) is 2.68. The Kier molecular flexibility index (Phi) is 4.69. The molecule has 1 atom stereocenters. The first-order valence-electron chi connectivity index (χ1n) is 9.38. The Morgan fingerprint density at radius 2 is 1.79 bits per heavy atom. The third kappa shape index (κ3) is 3.53. The second-order valence-electron chi connectivity index (χ2n) is 7.22. The van der Waals surface area contributed by atoms with E-state index in [4.69, 9.17) is 4.99 Å². The molecule has 0 saturated heterocycles. The molecule has 2 aromatic carbocycles. The molecule has 3 aromatic rings. The van der Waals surface area contributed by atoms with Gasteiger partial charge in [0.1, 0.15) is 0 Å². The summed E-state index contributed by atoms with van der Waals surface area (Å²) < 4.78 is 1.58. The van der Waals surface area contributed by atoms with Crippen LogP contribution in [0.2, 0.25) is 0 Å². The standard InChI is InChI=1S/C22H23N5O/c1-14(2)16-9-11-18(12-10-16)24-21-25-20(17-7-5-4-6-8-17)27-19(28)13-15(3)23-22(27)26-21/h4-14,20H,1-3H3,(H2,23,24,25,26)/t20-/m0/s1. The number of guanidine groups is 1. The van der Waals surface area contributed by atoms with E-state index in [1.165, 1.54) is 11.6 Å². The lowest BCUT2D eigenvalue weighted by atomic mass is 10.0. The lowest BCUT2D eigenvalue weighted by Gasteiger charge is -2.27. The van der Waals surface area contributed by atoms with Crippen molar-refractivity contribution in [1.29, 1.82) is 0 Å². The fourth-order valence-corrected chi connectivity index (χ4v) is 3.25. The number of aromatic nitrogens is 2. The van der Waals surface area contributed by atoms with Crippen LogP contribution in [0.15, 0.2) is 70.5 Å². The van der Waals surface area contributed by atoms with Gasteiger partial charge in [0.2, 0.25) is 11.9 Å². The number of aryl methyl sites for hydroxylation is 1. The highest BCUT2D eigenvalue weighted by Crippen LogP contribution is 2.26. The smallest absolute Gasteiger partial charge is 0.257 e. The molecule has 0 bridgehead atoms. The summed E-state index contributed by atoms with van der Waals surface area (Å²) in [5.74, 6) is 1.52. The van der Waals surface area contributed by atoms with Crippen molar-refractivity contribution in [2.24, 2.45) is 4.99 Å². The zero-order valence-electron chi connectivity index (χ0n) is 16.2. The molecule has 2 N–H and O–H groups in total. The van der Waals surface area contributed by atoms with Crippen molar-refractivity contribution in [2.45, 2.75) is 32.9 Å². The van der Waals surface area contributed by atoms with Gasteiger partial charge in [-0.3, -0.25) is 14.7 Å². The SMILES string of the molecule is Cc1cc(=O)n2c(n1)NC(Nc1ccc(C(C)C)cc1)=N[C@@H]2c1ccccc1. The van der Waals surface area contributed by atoms with Gasteiger partial charge in [-0.15, -0.1) is 0 Å². The Hall–Kier alpha value is -3.41. The van der Waals surface area contributed by atoms with E-state index in [0.29, 0.717) is 23.5 Å². The average molecular weight is 373 g/mol. The normalized spacial score (nSPS) is 15.6. The van der Waals surface area contributed by atoms with Crippen LogP contribution in [0.25, 0.3) is 0 Å². The van der Waals surface area contributed by atoms with Crippen molar-refractivity contribution in [3.8, 4) is 0 Å². The van der Waals surface area contributed by atoms with Crippen molar-refractivity contribution in [2.75, 3.05) is 10.6 Å². The highest BCUT2D eigenvalue weighted by molar-refractivity contribution is 6.03. The number of anilines is 2. The quantitative estimate of drug-likeness (QED) is 0.725. The van der Waals surface area contributed by atoms with E-state index < -0.39 is 6.17 Å². The van der Waals surface area contributed by atoms with Gasteiger partial charge in [-0.25, -0.2) is 9.98 Å². The monoisotopic (exact) mass is 373 g/mol. The number of rotatable bonds is 3. The molecule has 6 nitrogen and oxygen atoms in total. The van der Waals surface area contributed by atoms with E-state index in [-0.39, 0.29) is 5.56 Å². The number of nitrogens with one attached hydrogen (secondary N) is 2. The summed E-state index contributed by atoms with van der Waals surface area (Å²) in [5, 5.41) is 6.47. The fraction of sp³-hybridized carbons (Fsp3) is 0.227. The first-order valence-corrected chi connectivity index (χ1v) is 9.38. The van der Waals surface area contributed by atoms with E-state index in [9.17, 15) is 4.79 Å². The molecule has 0 unspecified atom stereocenters. The van der Waals surface area contributed by atoms with Gasteiger partial charge in [-0.1, -0.05) is 56.3 Å². The topological polar surface area (TPSA) is 71.3 Å². The van der Waals surface area contributed by atoms with Gasteiger partial charge in [0.15, 0.2) is 6.17 Å². The Morgan fingerprint density at radius 1 is 1.07 bits per heavy atom. The number of nitrogens with zero attached hydrogens (tertiary/aromatic N) is 3. The molecule has 0 aliphatic carbocycles. The van der Waals surface area contributed by atoms with Crippen LogP contribution in [0.4, 0.5) is 11.6 Å². The molecule has 2 heterocycles. The first-order chi connectivity index (χ1) is 13.5. The van der Waals surface area contributed by atoms with Crippen LogP contribution in [-0.2, 0) is 0 Å². The van der Waals surface area contributed by atoms with Gasteiger partial charge in [-0.05, 0) is 36.1 Å². The zero-order chi connectivity index (χ0) is 19.7. The molecule has 0 spiro atoms. The molecular formula is C22H23N5O. The number of benzene rings is 2. The van der Waals surface area contributed by atoms with Crippen LogP contribution in [0.5, 0.6) is 0 Å². The summed E-state index contributed by atoms with van der Waals surface area (Å²) in [7, 11) is 0. The predicted octanol–water partition coefficient (Wildman–Crippen LogP) is 4.12. The van der Waals surface area contributed by atoms with Gasteiger partial charge in [0, 0.05) is 17.4 Å². The number of aliphatic imine (C=N–C) groups is 1. The Balaban J connectivity index is 1.72. The summed E-state index contributed by atoms with van der Waals surface area (Å²) in [4.78, 5) is 21.9. The highest BCUT2D eigenvalue weighted by atomic mass is 16.1. The van der Waals surface area contributed by atoms with Crippen molar-refractivity contribution in [3.05, 3.63) is 87.8 Å². The Labute approximate surface area is 164 Å². The van der Waals surface area contributed by atoms with E-state index in [0.717, 1.165) is 11.3 Å². The largest absolute Gasteiger partial charge is 0.326 e. The maximum absolute atomic E-state index is 12.6. The summed E-state index contributed by atoms with van der Waals surface area (Å²) in [6, 6.07) is 19.5. The summed E-state index contributed by atoms with van der Waals surface area (Å²) in [6.45, 7) is 6.15. The molecule has 28 heavy (non-hydrogen) atoms. The molecule has 1 aromatic heterocycles. The van der Waals surface area contributed by atoms with Crippen LogP contribution in [0.1, 0.15) is 42.8 Å². The number of fused-ring (bicyclic) bond motifs is 1. The van der Waals surface area contributed by atoms with Gasteiger partial charge < -0.3 is 5.32 Å². The molecule has 0 saturated carbocycles. The van der Waals surface area contributed by atoms with Crippen LogP contribution in [0.3, 0.4) is 0 Å². The molecular weight excluding hydrogens is 350 g/mol. The van der Waals surface area contributed by atoms with E-state index in [2.05, 4.69) is 41.6 Å². The van der Waals surface area contributed by atoms with Crippen molar-refractivity contribution >= 4 is 17.6 Å². The second kappa shape index (κ2) is 7.31. The van der Waals surface area contributed by atoms with Crippen LogP contribution < -0.4 is 16.2 Å². The molecule has 0 radical (unpaired) electrons. The van der Waals surface area contributed by atoms with Crippen LogP contribution in [0, 0.1) is 6.92 Å². The molecule has 1 aliphatic heterocycles. The number of hydrogen-bond acceptors (Lipinski definition) is 5. The van der Waals surface area contributed by atoms with Crippen molar-refractivity contribution < 1.29 is 0 Å². The minimum absolute atomic E-state index is 0.132. The molecule has 142 valence electrons. The van der Waals surface area contributed by atoms with E-state index in [1.54, 1.807) is 4.57 Å². The van der Waals surface area contributed by atoms with E-state index >= 15 is 0 Å². The predicted molar refractivity (Wildman–Crippen MR) is 113 cm³/mol. The third-order valence-corrected chi connectivity index (χ3v) is 4.74. The van der Waals surface area contributed by atoms with Gasteiger partial charge in [-0.2, -0.15) is 0 Å². The Bertz CT molecular complexity index is 1070. The van der Waals surface area contributed by atoms with Crippen molar-refractivity contribution in [3.63, 3.8) is 0 Å². The molecule has 6 heteroatoms. The summed E-state index contributed by atoms with van der Waals surface area (Å²) in [6.07, 6.45) is -0.476. The highest BCUT2D eigenvalue weighted by Gasteiger charge is 2.24. The maximum Gasteiger partial charge on any atom is 0.257 e. The molecule has 0 amide bonds. The lowest BCUT2D eigenvalue weighted by molar-refractivity contribution is 0.577. The van der Waals surface area contributed by atoms with Gasteiger partial charge in [0.25, 0.3) is 5.56 Å². The second-order valence-corrected chi connectivity index (χ2v) is 7.22. The third-order valence-electron chi connectivity index (χ3n) is 4.74. The summed E-state index contributed by atoms with van der Waals surface area (Å²) in [5.41, 5.74) is 3.66. The van der Waals surface area contributed by atoms with Crippen LogP contribution in [-0.4, -0.2) is 15.5 Å². The first kappa shape index (κ1) is 18.0. The minimum Gasteiger partial charge on any atom is -0.326 e. The fourth-order valence-electron chi connectivity index (χ4n) is 3.25.